The Morgan fingerprint density at radius 1 is 1.53 bits per heavy atom. The normalized spacial score (nSPS) is 11.1. The Morgan fingerprint density at radius 3 is 2.65 bits per heavy atom. The molecule has 3 N–H and O–H groups in total. The van der Waals surface area contributed by atoms with Crippen LogP contribution in [-0.2, 0) is 0 Å². The van der Waals surface area contributed by atoms with E-state index in [1.165, 1.54) is 13.2 Å². The average molecular weight is 239 g/mol. The van der Waals surface area contributed by atoms with E-state index < -0.39 is 10.5 Å². The predicted octanol–water partition coefficient (Wildman–Crippen LogP) is 1.75. The Balaban J connectivity index is 3.11. The minimum atomic E-state index is -0.447. The van der Waals surface area contributed by atoms with Gasteiger partial charge in [-0.05, 0) is 26.0 Å². The molecule has 0 aromatic heterocycles. The Labute approximate surface area is 99.9 Å². The first-order valence-corrected chi connectivity index (χ1v) is 5.20. The summed E-state index contributed by atoms with van der Waals surface area (Å²) in [4.78, 5) is 10.5. The van der Waals surface area contributed by atoms with Crippen molar-refractivity contribution < 1.29 is 9.66 Å². The molecule has 0 spiro atoms. The SMILES string of the molecule is COc1ccc(NC(C)(C)CN)c([N+](=O)[O-])c1. The van der Waals surface area contributed by atoms with Gasteiger partial charge in [0.1, 0.15) is 11.4 Å². The third-order valence-electron chi connectivity index (χ3n) is 2.38. The number of nitrogens with one attached hydrogen (secondary N) is 1. The maximum Gasteiger partial charge on any atom is 0.296 e. The molecule has 17 heavy (non-hydrogen) atoms. The van der Waals surface area contributed by atoms with E-state index in [0.717, 1.165) is 0 Å². The summed E-state index contributed by atoms with van der Waals surface area (Å²) in [6, 6.07) is 4.67. The molecule has 0 aliphatic carbocycles. The quantitative estimate of drug-likeness (QED) is 0.603. The minimum Gasteiger partial charge on any atom is -0.496 e. The maximum atomic E-state index is 10.9. The van der Waals surface area contributed by atoms with E-state index in [1.807, 2.05) is 13.8 Å². The van der Waals surface area contributed by atoms with Gasteiger partial charge in [-0.25, -0.2) is 0 Å². The molecular weight excluding hydrogens is 222 g/mol. The van der Waals surface area contributed by atoms with Crippen LogP contribution in [0.25, 0.3) is 0 Å². The molecule has 6 heteroatoms. The van der Waals surface area contributed by atoms with Crippen molar-refractivity contribution in [3.8, 4) is 5.75 Å². The van der Waals surface area contributed by atoms with Crippen molar-refractivity contribution in [1.82, 2.24) is 0 Å². The fourth-order valence-corrected chi connectivity index (χ4v) is 1.31. The van der Waals surface area contributed by atoms with Crippen molar-refractivity contribution in [3.05, 3.63) is 28.3 Å². The zero-order chi connectivity index (χ0) is 13.1. The molecule has 94 valence electrons. The van der Waals surface area contributed by atoms with E-state index in [1.54, 1.807) is 12.1 Å². The Bertz CT molecular complexity index is 418. The summed E-state index contributed by atoms with van der Waals surface area (Å²) in [6.45, 7) is 4.12. The molecular formula is C11H17N3O3. The van der Waals surface area contributed by atoms with Crippen LogP contribution in [0.4, 0.5) is 11.4 Å². The topological polar surface area (TPSA) is 90.4 Å². The average Bonchev–Trinajstić information content (AvgIpc) is 2.29. The lowest BCUT2D eigenvalue weighted by molar-refractivity contribution is -0.384. The van der Waals surface area contributed by atoms with Gasteiger partial charge in [0.15, 0.2) is 0 Å². The van der Waals surface area contributed by atoms with Crippen molar-refractivity contribution in [1.29, 1.82) is 0 Å². The number of hydrogen-bond donors (Lipinski definition) is 2. The van der Waals surface area contributed by atoms with Crippen molar-refractivity contribution in [3.63, 3.8) is 0 Å². The van der Waals surface area contributed by atoms with Crippen LogP contribution in [0, 0.1) is 10.1 Å². The number of nitro benzene ring substituents is 1. The molecule has 0 atom stereocenters. The second kappa shape index (κ2) is 5.01. The van der Waals surface area contributed by atoms with Crippen LogP contribution in [0.5, 0.6) is 5.75 Å². The van der Waals surface area contributed by atoms with Gasteiger partial charge in [-0.2, -0.15) is 0 Å². The highest BCUT2D eigenvalue weighted by Crippen LogP contribution is 2.30. The van der Waals surface area contributed by atoms with Crippen LogP contribution < -0.4 is 15.8 Å². The summed E-state index contributed by atoms with van der Waals surface area (Å²) >= 11 is 0. The highest BCUT2D eigenvalue weighted by molar-refractivity contribution is 5.64. The molecule has 0 saturated heterocycles. The number of nitro groups is 1. The van der Waals surface area contributed by atoms with Gasteiger partial charge in [0, 0.05) is 12.1 Å². The van der Waals surface area contributed by atoms with Crippen LogP contribution in [0.3, 0.4) is 0 Å². The van der Waals surface area contributed by atoms with Crippen LogP contribution in [0.2, 0.25) is 0 Å². The first-order chi connectivity index (χ1) is 7.89. The zero-order valence-corrected chi connectivity index (χ0v) is 10.2. The summed E-state index contributed by atoms with van der Waals surface area (Å²) in [5.41, 5.74) is 5.59. The number of rotatable bonds is 5. The van der Waals surface area contributed by atoms with Crippen molar-refractivity contribution in [2.75, 3.05) is 19.0 Å². The van der Waals surface area contributed by atoms with Crippen molar-refractivity contribution >= 4 is 11.4 Å². The van der Waals surface area contributed by atoms with Gasteiger partial charge in [-0.3, -0.25) is 10.1 Å². The standard InChI is InChI=1S/C11H17N3O3/c1-11(2,7-12)13-9-5-4-8(17-3)6-10(9)14(15)16/h4-6,13H,7,12H2,1-3H3. The predicted molar refractivity (Wildman–Crippen MR) is 66.4 cm³/mol. The molecule has 0 radical (unpaired) electrons. The zero-order valence-electron chi connectivity index (χ0n) is 10.2. The minimum absolute atomic E-state index is 0.0223. The largest absolute Gasteiger partial charge is 0.496 e. The summed E-state index contributed by atoms with van der Waals surface area (Å²) in [7, 11) is 1.47. The second-order valence-corrected chi connectivity index (χ2v) is 4.35. The second-order valence-electron chi connectivity index (χ2n) is 4.35. The number of methoxy groups -OCH3 is 1. The molecule has 0 bridgehead atoms. The summed E-state index contributed by atoms with van der Waals surface area (Å²) < 4.78 is 4.96. The number of ether oxygens (including phenoxy) is 1. The number of benzene rings is 1. The van der Waals surface area contributed by atoms with E-state index in [4.69, 9.17) is 10.5 Å². The van der Waals surface area contributed by atoms with Crippen molar-refractivity contribution in [2.24, 2.45) is 5.73 Å². The van der Waals surface area contributed by atoms with Crippen molar-refractivity contribution in [2.45, 2.75) is 19.4 Å². The molecule has 0 aliphatic heterocycles. The van der Waals surface area contributed by atoms with Gasteiger partial charge in [0.25, 0.3) is 5.69 Å². The lowest BCUT2D eigenvalue weighted by Crippen LogP contribution is -2.39. The van der Waals surface area contributed by atoms with E-state index in [9.17, 15) is 10.1 Å². The molecule has 0 amide bonds. The number of anilines is 1. The van der Waals surface area contributed by atoms with Crippen LogP contribution >= 0.6 is 0 Å². The maximum absolute atomic E-state index is 10.9. The van der Waals surface area contributed by atoms with Gasteiger partial charge in [-0.1, -0.05) is 0 Å². The van der Waals surface area contributed by atoms with Gasteiger partial charge >= 0.3 is 0 Å². The highest BCUT2D eigenvalue weighted by atomic mass is 16.6. The van der Waals surface area contributed by atoms with Gasteiger partial charge in [-0.15, -0.1) is 0 Å². The third kappa shape index (κ3) is 3.32. The molecule has 6 nitrogen and oxygen atoms in total. The molecule has 0 saturated carbocycles. The monoisotopic (exact) mass is 239 g/mol. The fraction of sp³-hybridized carbons (Fsp3) is 0.455. The van der Waals surface area contributed by atoms with E-state index in [-0.39, 0.29) is 5.69 Å². The third-order valence-corrected chi connectivity index (χ3v) is 2.38. The van der Waals surface area contributed by atoms with Crippen LogP contribution in [0.15, 0.2) is 18.2 Å². The first kappa shape index (κ1) is 13.2. The van der Waals surface area contributed by atoms with Crippen LogP contribution in [0.1, 0.15) is 13.8 Å². The lowest BCUT2D eigenvalue weighted by Gasteiger charge is -2.25. The molecule has 1 aromatic rings. The summed E-state index contributed by atoms with van der Waals surface area (Å²) in [5.74, 6) is 0.452. The number of nitrogens with zero attached hydrogens (tertiary/aromatic N) is 1. The Kier molecular flexibility index (Phi) is 3.90. The lowest BCUT2D eigenvalue weighted by atomic mass is 10.1. The first-order valence-electron chi connectivity index (χ1n) is 5.20. The Hall–Kier alpha value is -1.82. The van der Waals surface area contributed by atoms with E-state index in [0.29, 0.717) is 18.0 Å². The molecule has 0 unspecified atom stereocenters. The molecule has 1 rings (SSSR count). The summed E-state index contributed by atoms with van der Waals surface area (Å²) in [5, 5.41) is 14.0. The van der Waals surface area contributed by atoms with Gasteiger partial charge in [0.2, 0.25) is 0 Å². The Morgan fingerprint density at radius 2 is 2.18 bits per heavy atom. The molecule has 1 aromatic carbocycles. The van der Waals surface area contributed by atoms with E-state index in [2.05, 4.69) is 5.32 Å². The van der Waals surface area contributed by atoms with Crippen LogP contribution in [-0.4, -0.2) is 24.1 Å². The molecule has 0 aliphatic rings. The molecule has 0 fully saturated rings. The van der Waals surface area contributed by atoms with Gasteiger partial charge in [0.05, 0.1) is 18.1 Å². The highest BCUT2D eigenvalue weighted by Gasteiger charge is 2.21. The molecule has 0 heterocycles. The number of hydrogen-bond acceptors (Lipinski definition) is 5. The smallest absolute Gasteiger partial charge is 0.296 e. The van der Waals surface area contributed by atoms with E-state index >= 15 is 0 Å². The summed E-state index contributed by atoms with van der Waals surface area (Å²) in [6.07, 6.45) is 0. The number of nitrogens with two attached hydrogens (primary N) is 1. The fourth-order valence-electron chi connectivity index (χ4n) is 1.31. The van der Waals surface area contributed by atoms with Gasteiger partial charge < -0.3 is 15.8 Å².